The van der Waals surface area contributed by atoms with Gasteiger partial charge in [-0.05, 0) is 31.2 Å². The van der Waals surface area contributed by atoms with Crippen LogP contribution in [0, 0.1) is 0 Å². The molecule has 2 aromatic rings. The van der Waals surface area contributed by atoms with Crippen molar-refractivity contribution in [2.75, 3.05) is 45.1 Å². The summed E-state index contributed by atoms with van der Waals surface area (Å²) in [5.41, 5.74) is 0.265. The summed E-state index contributed by atoms with van der Waals surface area (Å²) < 4.78 is 15.2. The summed E-state index contributed by atoms with van der Waals surface area (Å²) in [6, 6.07) is 6.31. The molecule has 0 radical (unpaired) electrons. The number of esters is 2. The SMILES string of the molecule is COC(=O)[C@@H](C)OC(=O)c1ccc(Oc2nc(N(C)C)nc(N(C)C)n2)cc1. The number of benzene rings is 1. The number of nitrogens with zero attached hydrogens (tertiary/aromatic N) is 5. The van der Waals surface area contributed by atoms with Gasteiger partial charge in [-0.15, -0.1) is 0 Å². The molecule has 0 bridgehead atoms. The summed E-state index contributed by atoms with van der Waals surface area (Å²) in [5.74, 6) is 0.0560. The van der Waals surface area contributed by atoms with E-state index in [2.05, 4.69) is 19.7 Å². The van der Waals surface area contributed by atoms with E-state index in [4.69, 9.17) is 9.47 Å². The number of hydrogen-bond donors (Lipinski definition) is 0. The molecule has 0 fully saturated rings. The van der Waals surface area contributed by atoms with E-state index in [0.29, 0.717) is 17.6 Å². The van der Waals surface area contributed by atoms with Crippen molar-refractivity contribution in [2.24, 2.45) is 0 Å². The highest BCUT2D eigenvalue weighted by molar-refractivity contribution is 5.91. The fourth-order valence-electron chi connectivity index (χ4n) is 1.99. The molecule has 0 saturated carbocycles. The van der Waals surface area contributed by atoms with E-state index in [-0.39, 0.29) is 11.6 Å². The molecule has 0 N–H and O–H groups in total. The van der Waals surface area contributed by atoms with Gasteiger partial charge in [0.1, 0.15) is 5.75 Å². The van der Waals surface area contributed by atoms with Gasteiger partial charge in [0.05, 0.1) is 12.7 Å². The van der Waals surface area contributed by atoms with Gasteiger partial charge < -0.3 is 24.0 Å². The molecule has 10 nitrogen and oxygen atoms in total. The van der Waals surface area contributed by atoms with E-state index >= 15 is 0 Å². The van der Waals surface area contributed by atoms with Crippen LogP contribution in [-0.2, 0) is 14.3 Å². The zero-order chi connectivity index (χ0) is 20.8. The number of rotatable bonds is 7. The van der Waals surface area contributed by atoms with Gasteiger partial charge in [-0.25, -0.2) is 9.59 Å². The molecule has 1 atom stereocenters. The Labute approximate surface area is 163 Å². The van der Waals surface area contributed by atoms with E-state index in [0.717, 1.165) is 0 Å². The second kappa shape index (κ2) is 8.98. The molecule has 150 valence electrons. The second-order valence-corrected chi connectivity index (χ2v) is 6.20. The number of anilines is 2. The minimum absolute atomic E-state index is 0.122. The molecule has 28 heavy (non-hydrogen) atoms. The maximum Gasteiger partial charge on any atom is 0.346 e. The van der Waals surface area contributed by atoms with Crippen LogP contribution in [0.25, 0.3) is 0 Å². The fourth-order valence-corrected chi connectivity index (χ4v) is 1.99. The first-order valence-corrected chi connectivity index (χ1v) is 8.38. The number of ether oxygens (including phenoxy) is 3. The van der Waals surface area contributed by atoms with Crippen LogP contribution >= 0.6 is 0 Å². The van der Waals surface area contributed by atoms with Crippen LogP contribution in [0.4, 0.5) is 11.9 Å². The first-order chi connectivity index (χ1) is 13.2. The highest BCUT2D eigenvalue weighted by atomic mass is 16.6. The molecule has 0 aliphatic carbocycles. The van der Waals surface area contributed by atoms with Crippen LogP contribution in [0.15, 0.2) is 24.3 Å². The molecule has 10 heteroatoms. The monoisotopic (exact) mass is 389 g/mol. The molecule has 0 unspecified atom stereocenters. The van der Waals surface area contributed by atoms with Gasteiger partial charge in [0, 0.05) is 28.2 Å². The lowest BCUT2D eigenvalue weighted by molar-refractivity contribution is -0.149. The Morgan fingerprint density at radius 1 is 0.929 bits per heavy atom. The predicted octanol–water partition coefficient (Wildman–Crippen LogP) is 1.51. The fraction of sp³-hybridized carbons (Fsp3) is 0.389. The normalized spacial score (nSPS) is 11.4. The van der Waals surface area contributed by atoms with E-state index in [1.54, 1.807) is 21.9 Å². The zero-order valence-corrected chi connectivity index (χ0v) is 16.7. The Bertz CT molecular complexity index is 813. The molecule has 0 aliphatic rings. The Balaban J connectivity index is 2.14. The van der Waals surface area contributed by atoms with E-state index < -0.39 is 18.0 Å². The highest BCUT2D eigenvalue weighted by Crippen LogP contribution is 2.22. The Morgan fingerprint density at radius 3 is 1.93 bits per heavy atom. The highest BCUT2D eigenvalue weighted by Gasteiger charge is 2.19. The Hall–Kier alpha value is -3.43. The number of methoxy groups -OCH3 is 1. The first kappa shape index (κ1) is 20.9. The van der Waals surface area contributed by atoms with Crippen molar-refractivity contribution in [3.63, 3.8) is 0 Å². The number of aromatic nitrogens is 3. The third kappa shape index (κ3) is 5.29. The number of carbonyl (C=O) groups is 2. The summed E-state index contributed by atoms with van der Waals surface area (Å²) in [6.45, 7) is 1.44. The van der Waals surface area contributed by atoms with Gasteiger partial charge in [0.25, 0.3) is 0 Å². The van der Waals surface area contributed by atoms with Gasteiger partial charge >= 0.3 is 17.9 Å². The van der Waals surface area contributed by atoms with Crippen molar-refractivity contribution in [3.05, 3.63) is 29.8 Å². The van der Waals surface area contributed by atoms with E-state index in [1.807, 2.05) is 28.2 Å². The third-order valence-corrected chi connectivity index (χ3v) is 3.51. The lowest BCUT2D eigenvalue weighted by Gasteiger charge is -2.16. The molecule has 1 aromatic heterocycles. The molecule has 1 aromatic carbocycles. The third-order valence-electron chi connectivity index (χ3n) is 3.51. The van der Waals surface area contributed by atoms with Gasteiger partial charge in [-0.3, -0.25) is 0 Å². The van der Waals surface area contributed by atoms with Crippen LogP contribution in [0.1, 0.15) is 17.3 Å². The quantitative estimate of drug-likeness (QED) is 0.647. The number of carbonyl (C=O) groups excluding carboxylic acids is 2. The molecule has 2 rings (SSSR count). The molecule has 0 saturated heterocycles. The molecule has 1 heterocycles. The maximum absolute atomic E-state index is 12.1. The summed E-state index contributed by atoms with van der Waals surface area (Å²) in [5, 5.41) is 0. The standard InChI is InChI=1S/C18H23N5O5/c1-11(14(24)26-6)27-15(25)12-7-9-13(10-8-12)28-18-20-16(22(2)3)19-17(21-18)23(4)5/h7-11H,1-6H3/t11-/m1/s1. The minimum atomic E-state index is -0.993. The molecule has 0 aliphatic heterocycles. The van der Waals surface area contributed by atoms with Crippen LogP contribution in [-0.4, -0.2) is 68.3 Å². The average Bonchev–Trinajstić information content (AvgIpc) is 2.67. The minimum Gasteiger partial charge on any atom is -0.466 e. The van der Waals surface area contributed by atoms with Crippen LogP contribution in [0.2, 0.25) is 0 Å². The first-order valence-electron chi connectivity index (χ1n) is 8.38. The van der Waals surface area contributed by atoms with Crippen molar-refractivity contribution in [1.29, 1.82) is 0 Å². The van der Waals surface area contributed by atoms with Crippen molar-refractivity contribution in [3.8, 4) is 11.8 Å². The predicted molar refractivity (Wildman–Crippen MR) is 102 cm³/mol. The molecular formula is C18H23N5O5. The van der Waals surface area contributed by atoms with E-state index in [1.165, 1.54) is 26.2 Å². The molecule has 0 spiro atoms. The van der Waals surface area contributed by atoms with Gasteiger partial charge in [0.15, 0.2) is 6.10 Å². The van der Waals surface area contributed by atoms with E-state index in [9.17, 15) is 9.59 Å². The van der Waals surface area contributed by atoms with Crippen LogP contribution in [0.5, 0.6) is 11.8 Å². The average molecular weight is 389 g/mol. The van der Waals surface area contributed by atoms with Crippen LogP contribution in [0.3, 0.4) is 0 Å². The van der Waals surface area contributed by atoms with Gasteiger partial charge in [-0.1, -0.05) is 0 Å². The summed E-state index contributed by atoms with van der Waals surface area (Å²) in [6.07, 6.45) is -0.993. The zero-order valence-electron chi connectivity index (χ0n) is 16.7. The lowest BCUT2D eigenvalue weighted by Crippen LogP contribution is -2.25. The topological polar surface area (TPSA) is 107 Å². The summed E-state index contributed by atoms with van der Waals surface area (Å²) in [4.78, 5) is 39.7. The summed E-state index contributed by atoms with van der Waals surface area (Å²) >= 11 is 0. The van der Waals surface area contributed by atoms with Crippen molar-refractivity contribution >= 4 is 23.8 Å². The van der Waals surface area contributed by atoms with Gasteiger partial charge in [0.2, 0.25) is 11.9 Å². The summed E-state index contributed by atoms with van der Waals surface area (Å²) in [7, 11) is 8.48. The van der Waals surface area contributed by atoms with Crippen LogP contribution < -0.4 is 14.5 Å². The lowest BCUT2D eigenvalue weighted by atomic mass is 10.2. The number of hydrogen-bond acceptors (Lipinski definition) is 10. The van der Waals surface area contributed by atoms with Crippen molar-refractivity contribution < 1.29 is 23.8 Å². The second-order valence-electron chi connectivity index (χ2n) is 6.20. The molecular weight excluding hydrogens is 366 g/mol. The smallest absolute Gasteiger partial charge is 0.346 e. The Morgan fingerprint density at radius 2 is 1.46 bits per heavy atom. The Kier molecular flexibility index (Phi) is 6.69. The van der Waals surface area contributed by atoms with Gasteiger partial charge in [-0.2, -0.15) is 15.0 Å². The largest absolute Gasteiger partial charge is 0.466 e. The molecule has 0 amide bonds. The maximum atomic E-state index is 12.1. The van der Waals surface area contributed by atoms with Crippen molar-refractivity contribution in [2.45, 2.75) is 13.0 Å². The van der Waals surface area contributed by atoms with Crippen molar-refractivity contribution in [1.82, 2.24) is 15.0 Å².